The molecule has 1 heterocycles. The van der Waals surface area contributed by atoms with Crippen LogP contribution in [-0.2, 0) is 14.3 Å². The Kier molecular flexibility index (Phi) is 12.1. The summed E-state index contributed by atoms with van der Waals surface area (Å²) < 4.78 is 5.25. The number of guanidine groups is 1. The smallest absolute Gasteiger partial charge is 0.229 e. The molecule has 1 aliphatic rings. The van der Waals surface area contributed by atoms with Crippen LogP contribution < -0.4 is 10.6 Å². The number of halogens is 1. The third kappa shape index (κ3) is 7.92. The van der Waals surface area contributed by atoms with Gasteiger partial charge in [-0.15, -0.1) is 24.0 Å². The van der Waals surface area contributed by atoms with Crippen molar-refractivity contribution >= 4 is 41.8 Å². The largest absolute Gasteiger partial charge is 0.382 e. The summed E-state index contributed by atoms with van der Waals surface area (Å²) in [4.78, 5) is 28.7. The van der Waals surface area contributed by atoms with Crippen LogP contribution in [0, 0.1) is 0 Å². The van der Waals surface area contributed by atoms with E-state index in [0.717, 1.165) is 26.2 Å². The first-order valence-electron chi connectivity index (χ1n) is 7.54. The van der Waals surface area contributed by atoms with Gasteiger partial charge in [0, 0.05) is 52.7 Å². The van der Waals surface area contributed by atoms with Crippen molar-refractivity contribution in [3.8, 4) is 0 Å². The van der Waals surface area contributed by atoms with Crippen molar-refractivity contribution in [1.29, 1.82) is 0 Å². The summed E-state index contributed by atoms with van der Waals surface area (Å²) in [6.45, 7) is 5.07. The minimum atomic E-state index is -0.0762. The molecule has 0 aromatic rings. The molecular formula is C14H27IN4O3. The zero-order valence-corrected chi connectivity index (χ0v) is 15.7. The number of nitrogens with zero attached hydrogens (tertiary/aromatic N) is 2. The predicted octanol–water partition coefficient (Wildman–Crippen LogP) is 0.735. The molecule has 0 atom stereocenters. The van der Waals surface area contributed by atoms with Crippen molar-refractivity contribution in [2.75, 3.05) is 39.9 Å². The first-order chi connectivity index (χ1) is 10.2. The second-order valence-corrected chi connectivity index (χ2v) is 4.77. The molecule has 2 amide bonds. The highest BCUT2D eigenvalue weighted by molar-refractivity contribution is 14.0. The molecule has 0 bridgehead atoms. The molecule has 0 unspecified atom stereocenters. The molecule has 2 N–H and O–H groups in total. The van der Waals surface area contributed by atoms with Crippen LogP contribution in [0.15, 0.2) is 4.99 Å². The van der Waals surface area contributed by atoms with Gasteiger partial charge in [0.05, 0.1) is 0 Å². The molecule has 1 fully saturated rings. The highest BCUT2D eigenvalue weighted by atomic mass is 127. The first kappa shape index (κ1) is 21.1. The molecule has 0 aromatic carbocycles. The maximum absolute atomic E-state index is 11.6. The van der Waals surface area contributed by atoms with Crippen LogP contribution in [0.4, 0.5) is 0 Å². The molecule has 1 aliphatic heterocycles. The van der Waals surface area contributed by atoms with Crippen molar-refractivity contribution < 1.29 is 14.3 Å². The number of amides is 2. The molecule has 7 nitrogen and oxygen atoms in total. The van der Waals surface area contributed by atoms with E-state index in [1.54, 1.807) is 7.05 Å². The van der Waals surface area contributed by atoms with Crippen LogP contribution in [-0.4, -0.2) is 62.6 Å². The maximum Gasteiger partial charge on any atom is 0.229 e. The Bertz CT molecular complexity index is 361. The number of ether oxygens (including phenoxy) is 1. The zero-order chi connectivity index (χ0) is 15.5. The lowest BCUT2D eigenvalue weighted by molar-refractivity contribution is -0.147. The van der Waals surface area contributed by atoms with Gasteiger partial charge in [-0.3, -0.25) is 19.5 Å². The number of aliphatic imine (C=N–C) groups is 1. The van der Waals surface area contributed by atoms with Crippen molar-refractivity contribution in [3.63, 3.8) is 0 Å². The lowest BCUT2D eigenvalue weighted by Gasteiger charge is -2.25. The lowest BCUT2D eigenvalue weighted by atomic mass is 10.1. The van der Waals surface area contributed by atoms with Gasteiger partial charge in [-0.05, 0) is 19.8 Å². The molecule has 0 saturated carbocycles. The van der Waals surface area contributed by atoms with E-state index < -0.39 is 0 Å². The SMILES string of the molecule is CCOCCCNC(=NC)NCCN1C(=O)CCCC1=O.I. The Balaban J connectivity index is 0.00000441. The number of carbonyl (C=O) groups excluding carboxylic acids is 2. The van der Waals surface area contributed by atoms with E-state index in [-0.39, 0.29) is 35.8 Å². The molecule has 0 spiro atoms. The van der Waals surface area contributed by atoms with Crippen LogP contribution in [0.2, 0.25) is 0 Å². The van der Waals surface area contributed by atoms with Crippen molar-refractivity contribution in [3.05, 3.63) is 0 Å². The van der Waals surface area contributed by atoms with E-state index in [4.69, 9.17) is 4.74 Å². The highest BCUT2D eigenvalue weighted by Gasteiger charge is 2.25. The molecule has 0 aromatic heterocycles. The normalized spacial score (nSPS) is 15.5. The summed E-state index contributed by atoms with van der Waals surface area (Å²) in [7, 11) is 1.69. The van der Waals surface area contributed by atoms with Gasteiger partial charge in [0.2, 0.25) is 11.8 Å². The van der Waals surface area contributed by atoms with Crippen molar-refractivity contribution in [2.24, 2.45) is 4.99 Å². The standard InChI is InChI=1S/C14H26N4O3.HI/c1-3-21-11-5-8-16-14(15-2)17-9-10-18-12(19)6-4-7-13(18)20;/h3-11H2,1-2H3,(H2,15,16,17);1H. The summed E-state index contributed by atoms with van der Waals surface area (Å²) in [5, 5.41) is 6.26. The molecule has 0 aliphatic carbocycles. The Morgan fingerprint density at radius 1 is 1.23 bits per heavy atom. The third-order valence-corrected chi connectivity index (χ3v) is 3.20. The number of hydrogen-bond acceptors (Lipinski definition) is 4. The Morgan fingerprint density at radius 2 is 1.86 bits per heavy atom. The topological polar surface area (TPSA) is 83.0 Å². The summed E-state index contributed by atoms with van der Waals surface area (Å²) in [5.41, 5.74) is 0. The Hall–Kier alpha value is -0.900. The summed E-state index contributed by atoms with van der Waals surface area (Å²) >= 11 is 0. The van der Waals surface area contributed by atoms with Gasteiger partial charge in [0.25, 0.3) is 0 Å². The fourth-order valence-corrected chi connectivity index (χ4v) is 2.08. The number of carbonyl (C=O) groups is 2. The van der Waals surface area contributed by atoms with Crippen LogP contribution in [0.1, 0.15) is 32.6 Å². The lowest BCUT2D eigenvalue weighted by Crippen LogP contribution is -2.46. The maximum atomic E-state index is 11.6. The summed E-state index contributed by atoms with van der Waals surface area (Å²) in [6.07, 6.45) is 2.51. The van der Waals surface area contributed by atoms with Gasteiger partial charge >= 0.3 is 0 Å². The van der Waals surface area contributed by atoms with E-state index in [1.165, 1.54) is 4.90 Å². The fraction of sp³-hybridized carbons (Fsp3) is 0.786. The molecule has 8 heteroatoms. The van der Waals surface area contributed by atoms with Crippen LogP contribution in [0.5, 0.6) is 0 Å². The fourth-order valence-electron chi connectivity index (χ4n) is 2.08. The molecule has 22 heavy (non-hydrogen) atoms. The first-order valence-corrected chi connectivity index (χ1v) is 7.54. The molecular weight excluding hydrogens is 399 g/mol. The number of rotatable bonds is 8. The summed E-state index contributed by atoms with van der Waals surface area (Å²) in [6, 6.07) is 0. The molecule has 0 radical (unpaired) electrons. The molecule has 1 saturated heterocycles. The Labute approximate surface area is 149 Å². The average molecular weight is 426 g/mol. The number of nitrogens with one attached hydrogen (secondary N) is 2. The van der Waals surface area contributed by atoms with Crippen LogP contribution in [0.25, 0.3) is 0 Å². The minimum absolute atomic E-state index is 0. The number of imide groups is 1. The average Bonchev–Trinajstić information content (AvgIpc) is 2.48. The predicted molar refractivity (Wildman–Crippen MR) is 96.5 cm³/mol. The van der Waals surface area contributed by atoms with Gasteiger partial charge in [0.15, 0.2) is 5.96 Å². The van der Waals surface area contributed by atoms with Crippen molar-refractivity contribution in [2.45, 2.75) is 32.6 Å². The van der Waals surface area contributed by atoms with Crippen molar-refractivity contribution in [1.82, 2.24) is 15.5 Å². The highest BCUT2D eigenvalue weighted by Crippen LogP contribution is 2.11. The van der Waals surface area contributed by atoms with Gasteiger partial charge < -0.3 is 15.4 Å². The van der Waals surface area contributed by atoms with E-state index >= 15 is 0 Å². The molecule has 1 rings (SSSR count). The second-order valence-electron chi connectivity index (χ2n) is 4.77. The number of hydrogen-bond donors (Lipinski definition) is 2. The zero-order valence-electron chi connectivity index (χ0n) is 13.4. The third-order valence-electron chi connectivity index (χ3n) is 3.20. The quantitative estimate of drug-likeness (QED) is 0.197. The number of likely N-dealkylation sites (tertiary alicyclic amines) is 1. The molecule has 128 valence electrons. The van der Waals surface area contributed by atoms with Gasteiger partial charge in [-0.25, -0.2) is 0 Å². The van der Waals surface area contributed by atoms with E-state index in [1.807, 2.05) is 6.92 Å². The minimum Gasteiger partial charge on any atom is -0.382 e. The van der Waals surface area contributed by atoms with Gasteiger partial charge in [-0.2, -0.15) is 0 Å². The van der Waals surface area contributed by atoms with Crippen LogP contribution >= 0.6 is 24.0 Å². The monoisotopic (exact) mass is 426 g/mol. The van der Waals surface area contributed by atoms with E-state index in [9.17, 15) is 9.59 Å². The van der Waals surface area contributed by atoms with Crippen LogP contribution in [0.3, 0.4) is 0 Å². The second kappa shape index (κ2) is 12.6. The van der Waals surface area contributed by atoms with E-state index in [0.29, 0.717) is 38.3 Å². The van der Waals surface area contributed by atoms with Gasteiger partial charge in [0.1, 0.15) is 0 Å². The Morgan fingerprint density at radius 3 is 2.45 bits per heavy atom. The number of piperidine rings is 1. The van der Waals surface area contributed by atoms with E-state index in [2.05, 4.69) is 15.6 Å². The van der Waals surface area contributed by atoms with Gasteiger partial charge in [-0.1, -0.05) is 0 Å². The summed E-state index contributed by atoms with van der Waals surface area (Å²) in [5.74, 6) is 0.517.